The first-order valence-electron chi connectivity index (χ1n) is 10.3. The lowest BCUT2D eigenvalue weighted by molar-refractivity contribution is -0.140. The van der Waals surface area contributed by atoms with E-state index in [4.69, 9.17) is 4.74 Å². The summed E-state index contributed by atoms with van der Waals surface area (Å²) < 4.78 is 5.41. The molecule has 0 aromatic rings. The Balaban J connectivity index is 2.14. The van der Waals surface area contributed by atoms with Gasteiger partial charge in [-0.15, -0.1) is 0 Å². The zero-order chi connectivity index (χ0) is 22.2. The Morgan fingerprint density at radius 3 is 2.24 bits per heavy atom. The van der Waals surface area contributed by atoms with Crippen molar-refractivity contribution in [1.82, 2.24) is 15.5 Å². The molecule has 1 rings (SSSR count). The monoisotopic (exact) mass is 411 g/mol. The number of amides is 4. The van der Waals surface area contributed by atoms with Gasteiger partial charge in [-0.05, 0) is 32.6 Å². The Morgan fingerprint density at radius 1 is 1.03 bits per heavy atom. The van der Waals surface area contributed by atoms with Crippen LogP contribution in [0.4, 0.5) is 0 Å². The molecule has 0 aromatic heterocycles. The molecule has 1 aliphatic rings. The third kappa shape index (κ3) is 9.39. The fourth-order valence-electron chi connectivity index (χ4n) is 3.08. The second kappa shape index (κ2) is 10.7. The molecule has 1 aliphatic heterocycles. The van der Waals surface area contributed by atoms with Crippen LogP contribution in [0.1, 0.15) is 67.2 Å². The van der Waals surface area contributed by atoms with Crippen LogP contribution in [0.5, 0.6) is 0 Å². The van der Waals surface area contributed by atoms with Crippen LogP contribution in [-0.2, 0) is 23.9 Å². The van der Waals surface area contributed by atoms with Crippen LogP contribution < -0.4 is 10.6 Å². The highest BCUT2D eigenvalue weighted by Gasteiger charge is 2.44. The van der Waals surface area contributed by atoms with Gasteiger partial charge < -0.3 is 15.4 Å². The Labute approximate surface area is 174 Å². The van der Waals surface area contributed by atoms with Crippen LogP contribution in [0.2, 0.25) is 0 Å². The first-order chi connectivity index (χ1) is 13.3. The van der Waals surface area contributed by atoms with E-state index in [1.165, 1.54) is 4.90 Å². The molecule has 0 spiro atoms. The number of ether oxygens (including phenoxy) is 1. The van der Waals surface area contributed by atoms with Crippen LogP contribution in [0.15, 0.2) is 0 Å². The van der Waals surface area contributed by atoms with Crippen molar-refractivity contribution in [3.8, 4) is 0 Å². The molecule has 0 aliphatic carbocycles. The van der Waals surface area contributed by atoms with Crippen molar-refractivity contribution in [2.75, 3.05) is 26.3 Å². The summed E-state index contributed by atoms with van der Waals surface area (Å²) in [5, 5.41) is 5.60. The second-order valence-corrected chi connectivity index (χ2v) is 9.62. The van der Waals surface area contributed by atoms with E-state index in [9.17, 15) is 19.2 Å². The Hall–Kier alpha value is -1.96. The maximum atomic E-state index is 12.4. The lowest BCUT2D eigenvalue weighted by atomic mass is 9.80. The Morgan fingerprint density at radius 2 is 1.69 bits per heavy atom. The molecular formula is C21H37N3O5. The minimum Gasteiger partial charge on any atom is -0.380 e. The number of nitrogens with one attached hydrogen (secondary N) is 2. The number of hydrogen-bond acceptors (Lipinski definition) is 5. The van der Waals surface area contributed by atoms with Crippen LogP contribution >= 0.6 is 0 Å². The Bertz CT molecular complexity index is 604. The lowest BCUT2D eigenvalue weighted by Gasteiger charge is -2.24. The number of imide groups is 1. The SMILES string of the molecule is CC(C)(C)NC(=O)CCCOCCNC(=O)CCN1C(=O)CC(C(C)(C)C)C1=O. The predicted molar refractivity (Wildman–Crippen MR) is 110 cm³/mol. The lowest BCUT2D eigenvalue weighted by Crippen LogP contribution is -2.40. The van der Waals surface area contributed by atoms with Crippen molar-refractivity contribution in [1.29, 1.82) is 0 Å². The Kier molecular flexibility index (Phi) is 9.26. The number of hydrogen-bond donors (Lipinski definition) is 2. The first-order valence-corrected chi connectivity index (χ1v) is 10.3. The molecule has 1 heterocycles. The molecule has 2 N–H and O–H groups in total. The molecule has 8 heteroatoms. The average Bonchev–Trinajstić information content (AvgIpc) is 2.85. The van der Waals surface area contributed by atoms with Crippen LogP contribution in [-0.4, -0.2) is 60.4 Å². The van der Waals surface area contributed by atoms with Gasteiger partial charge in [0.25, 0.3) is 0 Å². The molecule has 166 valence electrons. The summed E-state index contributed by atoms with van der Waals surface area (Å²) in [4.78, 5) is 49.3. The summed E-state index contributed by atoms with van der Waals surface area (Å²) in [5.74, 6) is -0.945. The average molecular weight is 412 g/mol. The largest absolute Gasteiger partial charge is 0.380 e. The van der Waals surface area contributed by atoms with Gasteiger partial charge in [-0.25, -0.2) is 0 Å². The fraction of sp³-hybridized carbons (Fsp3) is 0.810. The van der Waals surface area contributed by atoms with Gasteiger partial charge in [0, 0.05) is 44.5 Å². The van der Waals surface area contributed by atoms with Gasteiger partial charge >= 0.3 is 0 Å². The van der Waals surface area contributed by atoms with Crippen molar-refractivity contribution in [2.24, 2.45) is 11.3 Å². The molecule has 1 saturated heterocycles. The second-order valence-electron chi connectivity index (χ2n) is 9.62. The zero-order valence-electron chi connectivity index (χ0n) is 18.7. The van der Waals surface area contributed by atoms with Gasteiger partial charge in [0.05, 0.1) is 12.5 Å². The third-order valence-electron chi connectivity index (χ3n) is 4.63. The zero-order valence-corrected chi connectivity index (χ0v) is 18.7. The van der Waals surface area contributed by atoms with E-state index in [1.54, 1.807) is 0 Å². The minimum atomic E-state index is -0.322. The van der Waals surface area contributed by atoms with E-state index in [-0.39, 0.29) is 59.9 Å². The summed E-state index contributed by atoms with van der Waals surface area (Å²) in [6.07, 6.45) is 1.31. The van der Waals surface area contributed by atoms with Crippen molar-refractivity contribution in [3.63, 3.8) is 0 Å². The quantitative estimate of drug-likeness (QED) is 0.420. The van der Waals surface area contributed by atoms with Gasteiger partial charge in [-0.3, -0.25) is 24.1 Å². The normalized spacial score (nSPS) is 17.6. The summed E-state index contributed by atoms with van der Waals surface area (Å²) in [6.45, 7) is 12.9. The van der Waals surface area contributed by atoms with E-state index in [0.717, 1.165) is 0 Å². The molecule has 4 amide bonds. The van der Waals surface area contributed by atoms with E-state index in [0.29, 0.717) is 32.6 Å². The third-order valence-corrected chi connectivity index (χ3v) is 4.63. The molecule has 1 unspecified atom stereocenters. The molecule has 1 atom stereocenters. The van der Waals surface area contributed by atoms with Crippen molar-refractivity contribution >= 4 is 23.6 Å². The molecule has 8 nitrogen and oxygen atoms in total. The highest BCUT2D eigenvalue weighted by molar-refractivity contribution is 6.04. The predicted octanol–water partition coefficient (Wildman–Crippen LogP) is 1.63. The van der Waals surface area contributed by atoms with Gasteiger partial charge in [0.2, 0.25) is 23.6 Å². The molecule has 0 bridgehead atoms. The highest BCUT2D eigenvalue weighted by Crippen LogP contribution is 2.35. The number of carbonyl (C=O) groups is 4. The van der Waals surface area contributed by atoms with Gasteiger partial charge in [0.1, 0.15) is 0 Å². The fourth-order valence-corrected chi connectivity index (χ4v) is 3.08. The van der Waals surface area contributed by atoms with E-state index >= 15 is 0 Å². The van der Waals surface area contributed by atoms with Gasteiger partial charge in [-0.2, -0.15) is 0 Å². The summed E-state index contributed by atoms with van der Waals surface area (Å²) in [6, 6.07) is 0. The summed E-state index contributed by atoms with van der Waals surface area (Å²) in [5.41, 5.74) is -0.505. The van der Waals surface area contributed by atoms with Gasteiger partial charge in [0.15, 0.2) is 0 Å². The van der Waals surface area contributed by atoms with Crippen LogP contribution in [0.3, 0.4) is 0 Å². The van der Waals surface area contributed by atoms with Crippen molar-refractivity contribution in [2.45, 2.75) is 72.8 Å². The minimum absolute atomic E-state index is 0.00545. The maximum Gasteiger partial charge on any atom is 0.233 e. The summed E-state index contributed by atoms with van der Waals surface area (Å²) in [7, 11) is 0. The number of carbonyl (C=O) groups excluding carboxylic acids is 4. The van der Waals surface area contributed by atoms with Crippen molar-refractivity contribution in [3.05, 3.63) is 0 Å². The van der Waals surface area contributed by atoms with Crippen LogP contribution in [0.25, 0.3) is 0 Å². The first kappa shape index (κ1) is 25.1. The molecular weight excluding hydrogens is 374 g/mol. The van der Waals surface area contributed by atoms with Crippen molar-refractivity contribution < 1.29 is 23.9 Å². The van der Waals surface area contributed by atoms with E-state index in [2.05, 4.69) is 10.6 Å². The van der Waals surface area contributed by atoms with Crippen LogP contribution in [0, 0.1) is 11.3 Å². The topological polar surface area (TPSA) is 105 Å². The smallest absolute Gasteiger partial charge is 0.233 e. The molecule has 0 saturated carbocycles. The van der Waals surface area contributed by atoms with E-state index in [1.807, 2.05) is 41.5 Å². The molecule has 0 radical (unpaired) electrons. The standard InChI is InChI=1S/C21H37N3O5/c1-20(2,3)15-14-18(27)24(19(15)28)11-9-16(25)22-10-13-29-12-7-8-17(26)23-21(4,5)6/h15H,7-14H2,1-6H3,(H,22,25)(H,23,26). The number of rotatable bonds is 10. The van der Waals surface area contributed by atoms with Gasteiger partial charge in [-0.1, -0.05) is 20.8 Å². The number of nitrogens with zero attached hydrogens (tertiary/aromatic N) is 1. The summed E-state index contributed by atoms with van der Waals surface area (Å²) >= 11 is 0. The number of likely N-dealkylation sites (tertiary alicyclic amines) is 1. The van der Waals surface area contributed by atoms with E-state index < -0.39 is 0 Å². The maximum absolute atomic E-state index is 12.4. The molecule has 1 fully saturated rings. The molecule has 0 aromatic carbocycles. The highest BCUT2D eigenvalue weighted by atomic mass is 16.5. The molecule has 29 heavy (non-hydrogen) atoms.